The van der Waals surface area contributed by atoms with Crippen molar-refractivity contribution in [2.24, 2.45) is 0 Å². The fourth-order valence-corrected chi connectivity index (χ4v) is 1.14. The maximum atomic E-state index is 11.8. The van der Waals surface area contributed by atoms with Crippen LogP contribution in [0.5, 0.6) is 5.88 Å². The van der Waals surface area contributed by atoms with Gasteiger partial charge in [0.25, 0.3) is 0 Å². The van der Waals surface area contributed by atoms with Crippen LogP contribution in [0, 0.1) is 0 Å². The summed E-state index contributed by atoms with van der Waals surface area (Å²) in [6.07, 6.45) is -2.14. The molecule has 0 aliphatic heterocycles. The van der Waals surface area contributed by atoms with E-state index in [4.69, 9.17) is 4.74 Å². The van der Waals surface area contributed by atoms with E-state index < -0.39 is 12.6 Å². The van der Waals surface area contributed by atoms with Crippen LogP contribution in [0.4, 0.5) is 13.2 Å². The molecule has 17 heavy (non-hydrogen) atoms. The predicted molar refractivity (Wildman–Crippen MR) is 55.6 cm³/mol. The highest BCUT2D eigenvalue weighted by Crippen LogP contribution is 2.21. The van der Waals surface area contributed by atoms with Crippen LogP contribution < -0.4 is 10.1 Å². The smallest absolute Gasteiger partial charge is 0.389 e. The largest absolute Gasteiger partial charge is 0.477 e. The van der Waals surface area contributed by atoms with E-state index in [9.17, 15) is 13.2 Å². The number of alkyl halides is 3. The van der Waals surface area contributed by atoms with Crippen LogP contribution >= 0.6 is 0 Å². The number of nitrogens with zero attached hydrogens (tertiary/aromatic N) is 2. The first-order valence-electron chi connectivity index (χ1n) is 5.16. The van der Waals surface area contributed by atoms with Crippen molar-refractivity contribution in [3.8, 4) is 5.88 Å². The zero-order valence-electron chi connectivity index (χ0n) is 9.42. The molecule has 0 bridgehead atoms. The lowest BCUT2D eigenvalue weighted by atomic mass is 10.3. The molecule has 1 rings (SSSR count). The molecule has 1 aromatic heterocycles. The van der Waals surface area contributed by atoms with Gasteiger partial charge in [-0.25, -0.2) is 4.98 Å². The highest BCUT2D eigenvalue weighted by Gasteiger charge is 2.26. The first-order valence-corrected chi connectivity index (χ1v) is 5.16. The third kappa shape index (κ3) is 6.06. The molecular weight excluding hydrogens is 235 g/mol. The topological polar surface area (TPSA) is 47.0 Å². The summed E-state index contributed by atoms with van der Waals surface area (Å²) in [5, 5.41) is 2.90. The third-order valence-corrected chi connectivity index (χ3v) is 1.89. The molecule has 0 amide bonds. The quantitative estimate of drug-likeness (QED) is 0.782. The highest BCUT2D eigenvalue weighted by molar-refractivity contribution is 5.06. The molecule has 0 fully saturated rings. The van der Waals surface area contributed by atoms with Crippen LogP contribution in [0.2, 0.25) is 0 Å². The van der Waals surface area contributed by atoms with Crippen LogP contribution in [-0.2, 0) is 6.54 Å². The van der Waals surface area contributed by atoms with Crippen molar-refractivity contribution in [1.29, 1.82) is 0 Å². The Labute approximate surface area is 97.2 Å². The summed E-state index contributed by atoms with van der Waals surface area (Å²) in [6, 6.07) is 0. The molecule has 0 aliphatic rings. The van der Waals surface area contributed by atoms with E-state index in [0.717, 1.165) is 5.69 Å². The molecule has 4 nitrogen and oxygen atoms in total. The Kier molecular flexibility index (Phi) is 5.14. The molecule has 1 aromatic rings. The highest BCUT2D eigenvalue weighted by atomic mass is 19.4. The van der Waals surface area contributed by atoms with Crippen molar-refractivity contribution in [2.75, 3.05) is 13.7 Å². The lowest BCUT2D eigenvalue weighted by Crippen LogP contribution is -2.10. The van der Waals surface area contributed by atoms with Gasteiger partial charge in [-0.1, -0.05) is 0 Å². The van der Waals surface area contributed by atoms with Crippen LogP contribution in [0.15, 0.2) is 12.4 Å². The van der Waals surface area contributed by atoms with E-state index in [1.54, 1.807) is 7.05 Å². The fourth-order valence-electron chi connectivity index (χ4n) is 1.14. The van der Waals surface area contributed by atoms with Gasteiger partial charge in [-0.2, -0.15) is 13.2 Å². The maximum Gasteiger partial charge on any atom is 0.389 e. The minimum Gasteiger partial charge on any atom is -0.477 e. The number of rotatable bonds is 6. The van der Waals surface area contributed by atoms with E-state index in [1.165, 1.54) is 12.4 Å². The van der Waals surface area contributed by atoms with Gasteiger partial charge in [-0.05, 0) is 13.5 Å². The van der Waals surface area contributed by atoms with E-state index in [0.29, 0.717) is 6.54 Å². The summed E-state index contributed by atoms with van der Waals surface area (Å²) >= 11 is 0. The van der Waals surface area contributed by atoms with Gasteiger partial charge in [0.1, 0.15) is 0 Å². The number of ether oxygens (including phenoxy) is 1. The molecule has 0 atom stereocenters. The second-order valence-electron chi connectivity index (χ2n) is 3.44. The van der Waals surface area contributed by atoms with E-state index >= 15 is 0 Å². The molecular formula is C10H14F3N3O. The van der Waals surface area contributed by atoms with Crippen molar-refractivity contribution >= 4 is 0 Å². The molecule has 0 aliphatic carbocycles. The number of hydrogen-bond donors (Lipinski definition) is 1. The molecule has 0 spiro atoms. The third-order valence-electron chi connectivity index (χ3n) is 1.89. The second-order valence-corrected chi connectivity index (χ2v) is 3.44. The molecule has 0 saturated heterocycles. The molecule has 0 saturated carbocycles. The normalized spacial score (nSPS) is 11.5. The lowest BCUT2D eigenvalue weighted by Gasteiger charge is -2.07. The first kappa shape index (κ1) is 13.7. The number of halogens is 3. The monoisotopic (exact) mass is 249 g/mol. The molecule has 96 valence electrons. The Morgan fingerprint density at radius 3 is 2.59 bits per heavy atom. The van der Waals surface area contributed by atoms with Gasteiger partial charge in [0.05, 0.1) is 24.7 Å². The number of aromatic nitrogens is 2. The summed E-state index contributed by atoms with van der Waals surface area (Å²) in [6.45, 7) is 0.570. The zero-order chi connectivity index (χ0) is 12.7. The zero-order valence-corrected chi connectivity index (χ0v) is 9.42. The lowest BCUT2D eigenvalue weighted by molar-refractivity contribution is -0.136. The van der Waals surface area contributed by atoms with Gasteiger partial charge in [0.15, 0.2) is 0 Å². The van der Waals surface area contributed by atoms with E-state index in [2.05, 4.69) is 15.3 Å². The number of hydrogen-bond acceptors (Lipinski definition) is 4. The first-order chi connectivity index (χ1) is 8.01. The van der Waals surface area contributed by atoms with Gasteiger partial charge in [-0.3, -0.25) is 4.98 Å². The predicted octanol–water partition coefficient (Wildman–Crippen LogP) is 1.92. The Hall–Kier alpha value is -1.37. The molecule has 0 radical (unpaired) electrons. The van der Waals surface area contributed by atoms with Crippen molar-refractivity contribution in [3.05, 3.63) is 18.1 Å². The Morgan fingerprint density at radius 1 is 1.29 bits per heavy atom. The van der Waals surface area contributed by atoms with Gasteiger partial charge in [0, 0.05) is 13.0 Å². The maximum absolute atomic E-state index is 11.8. The second kappa shape index (κ2) is 6.39. The minimum absolute atomic E-state index is 0.0143. The van der Waals surface area contributed by atoms with Crippen LogP contribution in [-0.4, -0.2) is 29.8 Å². The van der Waals surface area contributed by atoms with Crippen molar-refractivity contribution in [3.63, 3.8) is 0 Å². The van der Waals surface area contributed by atoms with Gasteiger partial charge >= 0.3 is 6.18 Å². The summed E-state index contributed by atoms with van der Waals surface area (Å²) in [7, 11) is 1.78. The van der Waals surface area contributed by atoms with Gasteiger partial charge in [0.2, 0.25) is 5.88 Å². The van der Waals surface area contributed by atoms with Crippen molar-refractivity contribution in [2.45, 2.75) is 25.6 Å². The summed E-state index contributed by atoms with van der Waals surface area (Å²) in [5.41, 5.74) is 0.746. The minimum atomic E-state index is -4.13. The average molecular weight is 249 g/mol. The summed E-state index contributed by atoms with van der Waals surface area (Å²) < 4.78 is 40.5. The van der Waals surface area contributed by atoms with Gasteiger partial charge in [-0.15, -0.1) is 0 Å². The Balaban J connectivity index is 2.27. The van der Waals surface area contributed by atoms with E-state index in [1.807, 2.05) is 0 Å². The SMILES string of the molecule is CNCc1cnc(OCCCC(F)(F)F)cn1. The van der Waals surface area contributed by atoms with Gasteiger partial charge < -0.3 is 10.1 Å². The molecule has 1 N–H and O–H groups in total. The molecule has 0 unspecified atom stereocenters. The van der Waals surface area contributed by atoms with Crippen LogP contribution in [0.1, 0.15) is 18.5 Å². The molecule has 0 aromatic carbocycles. The molecule has 7 heteroatoms. The van der Waals surface area contributed by atoms with Crippen LogP contribution in [0.3, 0.4) is 0 Å². The van der Waals surface area contributed by atoms with E-state index in [-0.39, 0.29) is 18.9 Å². The van der Waals surface area contributed by atoms with Crippen molar-refractivity contribution in [1.82, 2.24) is 15.3 Å². The number of nitrogens with one attached hydrogen (secondary N) is 1. The average Bonchev–Trinajstić information content (AvgIpc) is 2.26. The van der Waals surface area contributed by atoms with Crippen LogP contribution in [0.25, 0.3) is 0 Å². The fraction of sp³-hybridized carbons (Fsp3) is 0.600. The summed E-state index contributed by atoms with van der Waals surface area (Å²) in [5.74, 6) is 0.243. The molecule has 1 heterocycles. The standard InChI is InChI=1S/C10H14F3N3O/c1-14-5-8-6-16-9(7-15-8)17-4-2-3-10(11,12)13/h6-7,14H,2-5H2,1H3. The Morgan fingerprint density at radius 2 is 2.06 bits per heavy atom. The van der Waals surface area contributed by atoms with Crippen molar-refractivity contribution < 1.29 is 17.9 Å². The Bertz CT molecular complexity index is 327. The summed E-state index contributed by atoms with van der Waals surface area (Å²) in [4.78, 5) is 7.95.